The SMILES string of the molecule is Fc1ccc(C=Cc2onc3ccccc23)cc1. The van der Waals surface area contributed by atoms with Crippen LogP contribution in [-0.4, -0.2) is 5.16 Å². The molecule has 0 aliphatic rings. The summed E-state index contributed by atoms with van der Waals surface area (Å²) in [5, 5.41) is 4.93. The van der Waals surface area contributed by atoms with Crippen molar-refractivity contribution < 1.29 is 8.91 Å². The van der Waals surface area contributed by atoms with Crippen LogP contribution in [0.4, 0.5) is 4.39 Å². The molecule has 1 heterocycles. The largest absolute Gasteiger partial charge is 0.356 e. The normalized spacial score (nSPS) is 11.4. The maximum Gasteiger partial charge on any atom is 0.167 e. The van der Waals surface area contributed by atoms with Gasteiger partial charge in [-0.1, -0.05) is 35.5 Å². The van der Waals surface area contributed by atoms with Crippen molar-refractivity contribution >= 4 is 23.1 Å². The second kappa shape index (κ2) is 4.45. The first-order valence-electron chi connectivity index (χ1n) is 5.61. The average Bonchev–Trinajstić information content (AvgIpc) is 2.82. The Balaban J connectivity index is 1.94. The molecule has 3 rings (SSSR count). The van der Waals surface area contributed by atoms with Gasteiger partial charge in [-0.2, -0.15) is 0 Å². The number of aromatic nitrogens is 1. The first kappa shape index (κ1) is 10.7. The lowest BCUT2D eigenvalue weighted by molar-refractivity contribution is 0.421. The van der Waals surface area contributed by atoms with Gasteiger partial charge < -0.3 is 4.52 Å². The first-order chi connectivity index (χ1) is 8.83. The highest BCUT2D eigenvalue weighted by Gasteiger charge is 2.03. The summed E-state index contributed by atoms with van der Waals surface area (Å²) in [6.07, 6.45) is 3.70. The lowest BCUT2D eigenvalue weighted by atomic mass is 10.1. The topological polar surface area (TPSA) is 26.0 Å². The molecule has 0 aliphatic carbocycles. The van der Waals surface area contributed by atoms with E-state index >= 15 is 0 Å². The molecule has 0 fully saturated rings. The number of rotatable bonds is 2. The Morgan fingerprint density at radius 1 is 0.944 bits per heavy atom. The maximum atomic E-state index is 12.8. The predicted octanol–water partition coefficient (Wildman–Crippen LogP) is 4.14. The molecule has 0 radical (unpaired) electrons. The molecule has 1 aromatic heterocycles. The summed E-state index contributed by atoms with van der Waals surface area (Å²) in [5.41, 5.74) is 1.74. The third-order valence-corrected chi connectivity index (χ3v) is 2.71. The van der Waals surface area contributed by atoms with E-state index in [0.717, 1.165) is 16.5 Å². The molecule has 0 saturated heterocycles. The summed E-state index contributed by atoms with van der Waals surface area (Å²) in [5.74, 6) is 0.465. The van der Waals surface area contributed by atoms with E-state index < -0.39 is 0 Å². The second-order valence-electron chi connectivity index (χ2n) is 3.95. The molecule has 2 aromatic carbocycles. The summed E-state index contributed by atoms with van der Waals surface area (Å²) in [6, 6.07) is 14.0. The molecule has 88 valence electrons. The highest BCUT2D eigenvalue weighted by molar-refractivity contribution is 5.88. The molecule has 0 N–H and O–H groups in total. The third-order valence-electron chi connectivity index (χ3n) is 2.71. The third kappa shape index (κ3) is 2.02. The van der Waals surface area contributed by atoms with Crippen molar-refractivity contribution in [2.24, 2.45) is 0 Å². The number of nitrogens with zero attached hydrogens (tertiary/aromatic N) is 1. The van der Waals surface area contributed by atoms with Gasteiger partial charge >= 0.3 is 0 Å². The van der Waals surface area contributed by atoms with Gasteiger partial charge in [-0.15, -0.1) is 0 Å². The van der Waals surface area contributed by atoms with Crippen LogP contribution in [0.25, 0.3) is 23.1 Å². The Morgan fingerprint density at radius 3 is 2.56 bits per heavy atom. The second-order valence-corrected chi connectivity index (χ2v) is 3.95. The van der Waals surface area contributed by atoms with E-state index in [1.54, 1.807) is 12.1 Å². The lowest BCUT2D eigenvalue weighted by Gasteiger charge is -1.92. The Hall–Kier alpha value is -2.42. The lowest BCUT2D eigenvalue weighted by Crippen LogP contribution is -1.74. The molecule has 0 saturated carbocycles. The number of hydrogen-bond acceptors (Lipinski definition) is 2. The number of hydrogen-bond donors (Lipinski definition) is 0. The van der Waals surface area contributed by atoms with Crippen LogP contribution in [0.2, 0.25) is 0 Å². The zero-order chi connectivity index (χ0) is 12.4. The fourth-order valence-electron chi connectivity index (χ4n) is 1.78. The van der Waals surface area contributed by atoms with Crippen molar-refractivity contribution in [1.82, 2.24) is 5.16 Å². The number of benzene rings is 2. The predicted molar refractivity (Wildman–Crippen MR) is 69.3 cm³/mol. The van der Waals surface area contributed by atoms with Crippen LogP contribution in [-0.2, 0) is 0 Å². The Labute approximate surface area is 103 Å². The zero-order valence-corrected chi connectivity index (χ0v) is 9.51. The van der Waals surface area contributed by atoms with Crippen molar-refractivity contribution in [2.45, 2.75) is 0 Å². The molecule has 0 atom stereocenters. The highest BCUT2D eigenvalue weighted by atomic mass is 19.1. The van der Waals surface area contributed by atoms with Crippen LogP contribution >= 0.6 is 0 Å². The first-order valence-corrected chi connectivity index (χ1v) is 5.61. The molecule has 0 bridgehead atoms. The van der Waals surface area contributed by atoms with Crippen LogP contribution in [0.15, 0.2) is 53.1 Å². The fourth-order valence-corrected chi connectivity index (χ4v) is 1.78. The summed E-state index contributed by atoms with van der Waals surface area (Å²) in [6.45, 7) is 0. The van der Waals surface area contributed by atoms with E-state index in [-0.39, 0.29) is 5.82 Å². The molecular weight excluding hydrogens is 229 g/mol. The minimum atomic E-state index is -0.239. The van der Waals surface area contributed by atoms with Crippen molar-refractivity contribution in [3.63, 3.8) is 0 Å². The van der Waals surface area contributed by atoms with E-state index in [4.69, 9.17) is 4.52 Å². The summed E-state index contributed by atoms with van der Waals surface area (Å²) in [4.78, 5) is 0. The van der Waals surface area contributed by atoms with Crippen LogP contribution in [0.3, 0.4) is 0 Å². The van der Waals surface area contributed by atoms with Gasteiger partial charge in [0.15, 0.2) is 5.76 Å². The summed E-state index contributed by atoms with van der Waals surface area (Å²) >= 11 is 0. The van der Waals surface area contributed by atoms with Crippen LogP contribution < -0.4 is 0 Å². The zero-order valence-electron chi connectivity index (χ0n) is 9.51. The van der Waals surface area contributed by atoms with E-state index in [1.165, 1.54) is 12.1 Å². The fraction of sp³-hybridized carbons (Fsp3) is 0. The molecular formula is C15H10FNO. The molecule has 0 spiro atoms. The van der Waals surface area contributed by atoms with E-state index in [2.05, 4.69) is 5.16 Å². The van der Waals surface area contributed by atoms with Crippen molar-refractivity contribution in [2.75, 3.05) is 0 Å². The Bertz CT molecular complexity index is 698. The van der Waals surface area contributed by atoms with Gasteiger partial charge in [0, 0.05) is 5.39 Å². The molecule has 3 heteroatoms. The molecule has 0 aliphatic heterocycles. The van der Waals surface area contributed by atoms with Gasteiger partial charge in [0.1, 0.15) is 11.3 Å². The molecule has 18 heavy (non-hydrogen) atoms. The minimum Gasteiger partial charge on any atom is -0.356 e. The molecule has 0 amide bonds. The van der Waals surface area contributed by atoms with Crippen LogP contribution in [0.1, 0.15) is 11.3 Å². The van der Waals surface area contributed by atoms with Gasteiger partial charge in [-0.25, -0.2) is 4.39 Å². The monoisotopic (exact) mass is 239 g/mol. The van der Waals surface area contributed by atoms with Crippen LogP contribution in [0.5, 0.6) is 0 Å². The summed E-state index contributed by atoms with van der Waals surface area (Å²) in [7, 11) is 0. The van der Waals surface area contributed by atoms with E-state index in [0.29, 0.717) is 5.76 Å². The van der Waals surface area contributed by atoms with Gasteiger partial charge in [-0.3, -0.25) is 0 Å². The van der Waals surface area contributed by atoms with E-state index in [1.807, 2.05) is 36.4 Å². The standard InChI is InChI=1S/C15H10FNO/c16-12-8-5-11(6-9-12)7-10-15-13-3-1-2-4-14(13)17-18-15/h1-10H. The average molecular weight is 239 g/mol. The quantitative estimate of drug-likeness (QED) is 0.671. The van der Waals surface area contributed by atoms with Crippen molar-refractivity contribution in [3.8, 4) is 0 Å². The molecule has 3 aromatic rings. The summed E-state index contributed by atoms with van der Waals surface area (Å²) < 4.78 is 18.0. The maximum absolute atomic E-state index is 12.8. The smallest absolute Gasteiger partial charge is 0.167 e. The Morgan fingerprint density at radius 2 is 1.72 bits per heavy atom. The highest BCUT2D eigenvalue weighted by Crippen LogP contribution is 2.19. The van der Waals surface area contributed by atoms with Gasteiger partial charge in [0.2, 0.25) is 0 Å². The molecule has 0 unspecified atom stereocenters. The van der Waals surface area contributed by atoms with E-state index in [9.17, 15) is 4.39 Å². The van der Waals surface area contributed by atoms with Gasteiger partial charge in [0.05, 0.1) is 0 Å². The van der Waals surface area contributed by atoms with Gasteiger partial charge in [-0.05, 0) is 35.9 Å². The van der Waals surface area contributed by atoms with Gasteiger partial charge in [0.25, 0.3) is 0 Å². The van der Waals surface area contributed by atoms with Crippen molar-refractivity contribution in [3.05, 3.63) is 65.7 Å². The van der Waals surface area contributed by atoms with Crippen LogP contribution in [0, 0.1) is 5.82 Å². The van der Waals surface area contributed by atoms with Crippen molar-refractivity contribution in [1.29, 1.82) is 0 Å². The number of fused-ring (bicyclic) bond motifs is 1. The Kier molecular flexibility index (Phi) is 2.65. The minimum absolute atomic E-state index is 0.239. The number of halogens is 1. The molecule has 2 nitrogen and oxygen atoms in total.